The molecule has 7 nitrogen and oxygen atoms in total. The van der Waals surface area contributed by atoms with Gasteiger partial charge in [0.15, 0.2) is 0 Å². The SMILES string of the molecule is CC(=O)N1C=Cc2ccccc2C1CC(=O)OCc1cc(=O)oc2c(C)c(O)ccc12. The van der Waals surface area contributed by atoms with Gasteiger partial charge < -0.3 is 19.2 Å². The van der Waals surface area contributed by atoms with Gasteiger partial charge in [-0.3, -0.25) is 9.59 Å². The van der Waals surface area contributed by atoms with Crippen LogP contribution in [0.25, 0.3) is 17.0 Å². The summed E-state index contributed by atoms with van der Waals surface area (Å²) >= 11 is 0. The molecule has 31 heavy (non-hydrogen) atoms. The first-order valence-corrected chi connectivity index (χ1v) is 9.82. The van der Waals surface area contributed by atoms with Crippen LogP contribution in [0, 0.1) is 6.92 Å². The highest BCUT2D eigenvalue weighted by Gasteiger charge is 2.28. The molecule has 0 saturated heterocycles. The van der Waals surface area contributed by atoms with Crippen LogP contribution in [0.4, 0.5) is 0 Å². The molecule has 1 N–H and O–H groups in total. The van der Waals surface area contributed by atoms with E-state index >= 15 is 0 Å². The molecule has 4 rings (SSSR count). The average molecular weight is 419 g/mol. The van der Waals surface area contributed by atoms with Gasteiger partial charge in [-0.15, -0.1) is 0 Å². The molecule has 0 saturated carbocycles. The summed E-state index contributed by atoms with van der Waals surface area (Å²) in [6, 6.07) is 11.5. The van der Waals surface area contributed by atoms with Gasteiger partial charge in [0.25, 0.3) is 0 Å². The number of carbonyl (C=O) groups excluding carboxylic acids is 2. The van der Waals surface area contributed by atoms with E-state index in [9.17, 15) is 19.5 Å². The number of ether oxygens (including phenoxy) is 1. The standard InChI is InChI=1S/C24H21NO6/c1-14-21(27)8-7-19-17(11-23(29)31-24(14)19)13-30-22(28)12-20-18-6-4-3-5-16(18)9-10-25(20)15(2)26/h3-11,20,27H,12-13H2,1-2H3. The fourth-order valence-corrected chi connectivity index (χ4v) is 3.82. The third kappa shape index (κ3) is 3.94. The molecule has 1 aliphatic rings. The Bertz CT molecular complexity index is 1270. The number of carbonyl (C=O) groups is 2. The zero-order valence-electron chi connectivity index (χ0n) is 17.1. The number of aryl methyl sites for hydroxylation is 1. The van der Waals surface area contributed by atoms with Crippen molar-refractivity contribution in [2.75, 3.05) is 0 Å². The number of esters is 1. The van der Waals surface area contributed by atoms with Gasteiger partial charge in [0.05, 0.1) is 12.5 Å². The number of rotatable bonds is 4. The number of phenolic OH excluding ortho intramolecular Hbond substituents is 1. The summed E-state index contributed by atoms with van der Waals surface area (Å²) in [6.45, 7) is 2.96. The molecule has 1 amide bonds. The number of hydrogen-bond acceptors (Lipinski definition) is 6. The van der Waals surface area contributed by atoms with Crippen molar-refractivity contribution in [3.05, 3.63) is 81.3 Å². The van der Waals surface area contributed by atoms with Crippen LogP contribution in [0.2, 0.25) is 0 Å². The van der Waals surface area contributed by atoms with Crippen molar-refractivity contribution >= 4 is 28.9 Å². The summed E-state index contributed by atoms with van der Waals surface area (Å²) in [6.07, 6.45) is 3.49. The summed E-state index contributed by atoms with van der Waals surface area (Å²) < 4.78 is 10.7. The Morgan fingerprint density at radius 2 is 1.97 bits per heavy atom. The summed E-state index contributed by atoms with van der Waals surface area (Å²) in [4.78, 5) is 38.2. The molecule has 0 aliphatic carbocycles. The fourth-order valence-electron chi connectivity index (χ4n) is 3.82. The van der Waals surface area contributed by atoms with Crippen LogP contribution in [-0.4, -0.2) is 21.9 Å². The highest BCUT2D eigenvalue weighted by molar-refractivity contribution is 5.85. The quantitative estimate of drug-likeness (QED) is 0.510. The summed E-state index contributed by atoms with van der Waals surface area (Å²) in [7, 11) is 0. The van der Waals surface area contributed by atoms with E-state index < -0.39 is 17.6 Å². The number of hydrogen-bond donors (Lipinski definition) is 1. The molecule has 158 valence electrons. The molecule has 0 spiro atoms. The van der Waals surface area contributed by atoms with Gasteiger partial charge >= 0.3 is 11.6 Å². The van der Waals surface area contributed by atoms with E-state index in [1.807, 2.05) is 30.3 Å². The molecule has 1 aromatic heterocycles. The predicted octanol–water partition coefficient (Wildman–Crippen LogP) is 3.81. The number of phenols is 1. The van der Waals surface area contributed by atoms with Gasteiger partial charge in [-0.1, -0.05) is 24.3 Å². The monoisotopic (exact) mass is 419 g/mol. The molecule has 3 aromatic rings. The van der Waals surface area contributed by atoms with Gasteiger partial charge in [0.2, 0.25) is 5.91 Å². The lowest BCUT2D eigenvalue weighted by atomic mass is 9.94. The summed E-state index contributed by atoms with van der Waals surface area (Å²) in [5.41, 5.74) is 2.39. The van der Waals surface area contributed by atoms with Crippen LogP contribution in [-0.2, 0) is 20.9 Å². The van der Waals surface area contributed by atoms with Crippen LogP contribution >= 0.6 is 0 Å². The molecule has 2 heterocycles. The second kappa shape index (κ2) is 8.10. The van der Waals surface area contributed by atoms with E-state index in [1.165, 1.54) is 24.0 Å². The zero-order valence-corrected chi connectivity index (χ0v) is 17.1. The molecular formula is C24H21NO6. The first kappa shape index (κ1) is 20.4. The van der Waals surface area contributed by atoms with E-state index in [0.717, 1.165) is 11.1 Å². The van der Waals surface area contributed by atoms with Crippen LogP contribution in [0.5, 0.6) is 5.75 Å². The van der Waals surface area contributed by atoms with E-state index in [2.05, 4.69) is 0 Å². The van der Waals surface area contributed by atoms with Crippen molar-refractivity contribution in [2.45, 2.75) is 32.9 Å². The Morgan fingerprint density at radius 3 is 2.74 bits per heavy atom. The fraction of sp³-hybridized carbons (Fsp3) is 0.208. The van der Waals surface area contributed by atoms with E-state index in [-0.39, 0.29) is 30.3 Å². The topological polar surface area (TPSA) is 97.0 Å². The smallest absolute Gasteiger partial charge is 0.336 e. The van der Waals surface area contributed by atoms with Crippen molar-refractivity contribution in [1.82, 2.24) is 4.90 Å². The third-order valence-electron chi connectivity index (χ3n) is 5.44. The number of fused-ring (bicyclic) bond motifs is 2. The van der Waals surface area contributed by atoms with Crippen molar-refractivity contribution in [3.63, 3.8) is 0 Å². The molecule has 0 radical (unpaired) electrons. The maximum Gasteiger partial charge on any atom is 0.336 e. The largest absolute Gasteiger partial charge is 0.508 e. The van der Waals surface area contributed by atoms with Crippen LogP contribution in [0.15, 0.2) is 57.9 Å². The number of aromatic hydroxyl groups is 1. The second-order valence-electron chi connectivity index (χ2n) is 7.43. The zero-order chi connectivity index (χ0) is 22.1. The lowest BCUT2D eigenvalue weighted by Crippen LogP contribution is -2.32. The highest BCUT2D eigenvalue weighted by atomic mass is 16.5. The van der Waals surface area contributed by atoms with Crippen LogP contribution < -0.4 is 5.63 Å². The van der Waals surface area contributed by atoms with Gasteiger partial charge in [-0.05, 0) is 36.3 Å². The first-order valence-electron chi connectivity index (χ1n) is 9.82. The van der Waals surface area contributed by atoms with E-state index in [4.69, 9.17) is 9.15 Å². The Kier molecular flexibility index (Phi) is 5.33. The normalized spacial score (nSPS) is 15.0. The summed E-state index contributed by atoms with van der Waals surface area (Å²) in [5, 5.41) is 10.4. The Hall–Kier alpha value is -3.87. The van der Waals surface area contributed by atoms with E-state index in [1.54, 1.807) is 19.2 Å². The maximum absolute atomic E-state index is 12.7. The van der Waals surface area contributed by atoms with Crippen LogP contribution in [0.3, 0.4) is 0 Å². The van der Waals surface area contributed by atoms with Crippen molar-refractivity contribution in [1.29, 1.82) is 0 Å². The molecule has 1 atom stereocenters. The van der Waals surface area contributed by atoms with Crippen molar-refractivity contribution in [3.8, 4) is 5.75 Å². The van der Waals surface area contributed by atoms with Crippen molar-refractivity contribution in [2.24, 2.45) is 0 Å². The second-order valence-corrected chi connectivity index (χ2v) is 7.43. The Morgan fingerprint density at radius 1 is 1.19 bits per heavy atom. The van der Waals surface area contributed by atoms with Gasteiger partial charge in [-0.2, -0.15) is 0 Å². The molecule has 0 fully saturated rings. The minimum Gasteiger partial charge on any atom is -0.508 e. The average Bonchev–Trinajstić information content (AvgIpc) is 2.75. The van der Waals surface area contributed by atoms with Gasteiger partial charge in [0, 0.05) is 35.7 Å². The maximum atomic E-state index is 12.7. The minimum atomic E-state index is -0.596. The first-order chi connectivity index (χ1) is 14.8. The Labute approximate surface area is 178 Å². The minimum absolute atomic E-state index is 0.0122. The van der Waals surface area contributed by atoms with Gasteiger partial charge in [-0.25, -0.2) is 4.79 Å². The Balaban J connectivity index is 1.56. The molecule has 1 aliphatic heterocycles. The molecular weight excluding hydrogens is 398 g/mol. The molecule has 2 aromatic carbocycles. The lowest BCUT2D eigenvalue weighted by molar-refractivity contribution is -0.146. The number of amides is 1. The lowest BCUT2D eigenvalue weighted by Gasteiger charge is -2.32. The van der Waals surface area contributed by atoms with Crippen LogP contribution in [0.1, 0.15) is 41.6 Å². The molecule has 7 heteroatoms. The number of benzene rings is 2. The highest BCUT2D eigenvalue weighted by Crippen LogP contribution is 2.33. The number of nitrogens with zero attached hydrogens (tertiary/aromatic N) is 1. The molecule has 1 unspecified atom stereocenters. The van der Waals surface area contributed by atoms with Gasteiger partial charge in [0.1, 0.15) is 17.9 Å². The van der Waals surface area contributed by atoms with Crippen molar-refractivity contribution < 1.29 is 23.8 Å². The third-order valence-corrected chi connectivity index (χ3v) is 5.44. The van der Waals surface area contributed by atoms with E-state index in [0.29, 0.717) is 16.5 Å². The summed E-state index contributed by atoms with van der Waals surface area (Å²) in [5.74, 6) is -0.665. The predicted molar refractivity (Wildman–Crippen MR) is 114 cm³/mol. The molecule has 0 bridgehead atoms.